The van der Waals surface area contributed by atoms with Gasteiger partial charge in [0, 0.05) is 12.4 Å². The number of methoxy groups -OCH3 is 1. The van der Waals surface area contributed by atoms with Crippen LogP contribution in [0.3, 0.4) is 0 Å². The molecule has 1 aromatic carbocycles. The highest BCUT2D eigenvalue weighted by Crippen LogP contribution is 2.24. The molecular weight excluding hydrogens is 354 g/mol. The van der Waals surface area contributed by atoms with Crippen LogP contribution in [0.25, 0.3) is 0 Å². The first-order valence-corrected chi connectivity index (χ1v) is 9.83. The lowest BCUT2D eigenvalue weighted by Crippen LogP contribution is -2.29. The number of carbonyl (C=O) groups excluding carboxylic acids is 1. The molecule has 2 aromatic rings. The van der Waals surface area contributed by atoms with Crippen molar-refractivity contribution in [3.05, 3.63) is 53.9 Å². The van der Waals surface area contributed by atoms with Gasteiger partial charge in [0.1, 0.15) is 5.75 Å². The van der Waals surface area contributed by atoms with Crippen LogP contribution in [0, 0.1) is 0 Å². The number of ether oxygens (including phenoxy) is 1. The van der Waals surface area contributed by atoms with Crippen molar-refractivity contribution in [2.45, 2.75) is 37.1 Å². The van der Waals surface area contributed by atoms with E-state index in [9.17, 15) is 13.2 Å². The summed E-state index contributed by atoms with van der Waals surface area (Å²) in [4.78, 5) is 16.8. The Hall–Kier alpha value is -2.45. The number of hydrogen-bond donors (Lipinski definition) is 2. The third-order valence-corrected chi connectivity index (χ3v) is 4.89. The van der Waals surface area contributed by atoms with E-state index in [0.717, 1.165) is 24.8 Å². The number of nitrogens with two attached hydrogens (primary N) is 1. The highest BCUT2D eigenvalue weighted by atomic mass is 32.2. The molecule has 0 bridgehead atoms. The Morgan fingerprint density at radius 1 is 1.35 bits per heavy atom. The Bertz CT molecular complexity index is 854. The molecule has 3 N–H and O–H groups in total. The van der Waals surface area contributed by atoms with E-state index in [1.807, 2.05) is 12.1 Å². The van der Waals surface area contributed by atoms with Crippen molar-refractivity contribution in [2.75, 3.05) is 7.11 Å². The Kier molecular flexibility index (Phi) is 6.70. The smallest absolute Gasteiger partial charge is 0.255 e. The zero-order valence-corrected chi connectivity index (χ0v) is 15.6. The maximum Gasteiger partial charge on any atom is 0.255 e. The van der Waals surface area contributed by atoms with Gasteiger partial charge < -0.3 is 10.1 Å². The van der Waals surface area contributed by atoms with Crippen molar-refractivity contribution in [3.8, 4) is 5.75 Å². The molecule has 26 heavy (non-hydrogen) atoms. The number of rotatable bonds is 8. The molecule has 140 valence electrons. The van der Waals surface area contributed by atoms with E-state index in [0.29, 0.717) is 0 Å². The van der Waals surface area contributed by atoms with Gasteiger partial charge in [0.2, 0.25) is 10.0 Å². The first-order chi connectivity index (χ1) is 12.4. The Morgan fingerprint density at radius 2 is 2.12 bits per heavy atom. The summed E-state index contributed by atoms with van der Waals surface area (Å²) in [7, 11) is -2.51. The van der Waals surface area contributed by atoms with Crippen molar-refractivity contribution in [1.29, 1.82) is 0 Å². The zero-order chi connectivity index (χ0) is 19.2. The number of amides is 1. The monoisotopic (exact) mass is 377 g/mol. The molecule has 8 heteroatoms. The molecule has 1 aromatic heterocycles. The molecule has 0 spiro atoms. The molecule has 1 amide bonds. The van der Waals surface area contributed by atoms with Crippen LogP contribution in [-0.4, -0.2) is 26.4 Å². The van der Waals surface area contributed by atoms with E-state index in [1.54, 1.807) is 12.4 Å². The third-order valence-electron chi connectivity index (χ3n) is 3.98. The van der Waals surface area contributed by atoms with Gasteiger partial charge in [-0.1, -0.05) is 25.8 Å². The van der Waals surface area contributed by atoms with Crippen molar-refractivity contribution in [3.63, 3.8) is 0 Å². The first-order valence-electron chi connectivity index (χ1n) is 8.28. The number of unbranched alkanes of at least 4 members (excludes halogenated alkanes) is 1. The summed E-state index contributed by atoms with van der Waals surface area (Å²) in [5.74, 6) is -0.160. The standard InChI is InChI=1S/C18H23N3O4S/c1-3-4-7-16(13-6-5-10-20-12-13)21-18(22)15-11-14(26(19,23)24)8-9-17(15)25-2/h5-6,8-12,16H,3-4,7H2,1-2H3,(H,21,22)(H2,19,23,24)/t16-/m1/s1. The first kappa shape index (κ1) is 19.9. The number of pyridine rings is 1. The number of hydrogen-bond acceptors (Lipinski definition) is 5. The van der Waals surface area contributed by atoms with Crippen molar-refractivity contribution in [1.82, 2.24) is 10.3 Å². The fraction of sp³-hybridized carbons (Fsp3) is 0.333. The summed E-state index contributed by atoms with van der Waals surface area (Å²) in [6.07, 6.45) is 6.02. The van der Waals surface area contributed by atoms with Crippen LogP contribution in [0.15, 0.2) is 47.6 Å². The van der Waals surface area contributed by atoms with Crippen molar-refractivity contribution < 1.29 is 17.9 Å². The number of benzene rings is 1. The number of primary sulfonamides is 1. The average Bonchev–Trinajstić information content (AvgIpc) is 2.64. The van der Waals surface area contributed by atoms with Gasteiger partial charge in [-0.2, -0.15) is 0 Å². The van der Waals surface area contributed by atoms with Gasteiger partial charge in [0.15, 0.2) is 0 Å². The highest BCUT2D eigenvalue weighted by Gasteiger charge is 2.21. The summed E-state index contributed by atoms with van der Waals surface area (Å²) in [5, 5.41) is 8.11. The van der Waals surface area contributed by atoms with Crippen LogP contribution in [0.2, 0.25) is 0 Å². The molecule has 0 unspecified atom stereocenters. The number of aromatic nitrogens is 1. The molecule has 0 aliphatic heterocycles. The molecule has 0 saturated carbocycles. The highest BCUT2D eigenvalue weighted by molar-refractivity contribution is 7.89. The van der Waals surface area contributed by atoms with Crippen LogP contribution >= 0.6 is 0 Å². The third kappa shape index (κ3) is 5.03. The largest absolute Gasteiger partial charge is 0.496 e. The normalized spacial score (nSPS) is 12.4. The molecule has 2 rings (SSSR count). The molecule has 0 saturated heterocycles. The predicted molar refractivity (Wildman–Crippen MR) is 98.3 cm³/mol. The van der Waals surface area contributed by atoms with Crippen LogP contribution in [0.5, 0.6) is 5.75 Å². The summed E-state index contributed by atoms with van der Waals surface area (Å²) < 4.78 is 28.4. The van der Waals surface area contributed by atoms with Gasteiger partial charge in [-0.25, -0.2) is 13.6 Å². The van der Waals surface area contributed by atoms with Crippen LogP contribution < -0.4 is 15.2 Å². The predicted octanol–water partition coefficient (Wildman–Crippen LogP) is 2.40. The Balaban J connectivity index is 2.34. The Morgan fingerprint density at radius 3 is 2.69 bits per heavy atom. The molecule has 0 aliphatic rings. The number of carbonyl (C=O) groups is 1. The molecule has 0 radical (unpaired) electrons. The molecule has 7 nitrogen and oxygen atoms in total. The second-order valence-electron chi connectivity index (χ2n) is 5.86. The van der Waals surface area contributed by atoms with Crippen molar-refractivity contribution in [2.24, 2.45) is 5.14 Å². The number of nitrogens with one attached hydrogen (secondary N) is 1. The van der Waals surface area contributed by atoms with E-state index in [2.05, 4.69) is 17.2 Å². The van der Waals surface area contributed by atoms with E-state index < -0.39 is 15.9 Å². The van der Waals surface area contributed by atoms with Gasteiger partial charge in [-0.05, 0) is 36.2 Å². The summed E-state index contributed by atoms with van der Waals surface area (Å²) >= 11 is 0. The summed E-state index contributed by atoms with van der Waals surface area (Å²) in [6.45, 7) is 2.07. The SMILES string of the molecule is CCCC[C@@H](NC(=O)c1cc(S(N)(=O)=O)ccc1OC)c1cccnc1. The number of nitrogens with zero attached hydrogens (tertiary/aromatic N) is 1. The molecule has 1 heterocycles. The van der Waals surface area contributed by atoms with E-state index >= 15 is 0 Å². The van der Waals surface area contributed by atoms with Gasteiger partial charge in [0.25, 0.3) is 5.91 Å². The van der Waals surface area contributed by atoms with E-state index in [-0.39, 0.29) is 22.3 Å². The molecule has 0 aliphatic carbocycles. The average molecular weight is 377 g/mol. The van der Waals surface area contributed by atoms with Gasteiger partial charge in [-0.3, -0.25) is 9.78 Å². The fourth-order valence-corrected chi connectivity index (χ4v) is 3.13. The zero-order valence-electron chi connectivity index (χ0n) is 14.8. The minimum Gasteiger partial charge on any atom is -0.496 e. The lowest BCUT2D eigenvalue weighted by Gasteiger charge is -2.20. The molecule has 0 fully saturated rings. The quantitative estimate of drug-likeness (QED) is 0.734. The summed E-state index contributed by atoms with van der Waals surface area (Å²) in [5.41, 5.74) is 1.00. The fourth-order valence-electron chi connectivity index (χ4n) is 2.59. The lowest BCUT2D eigenvalue weighted by molar-refractivity contribution is 0.0930. The second-order valence-corrected chi connectivity index (χ2v) is 7.42. The maximum absolute atomic E-state index is 12.8. The minimum atomic E-state index is -3.92. The van der Waals surface area contributed by atoms with Gasteiger partial charge in [-0.15, -0.1) is 0 Å². The van der Waals surface area contributed by atoms with Crippen LogP contribution in [-0.2, 0) is 10.0 Å². The van der Waals surface area contributed by atoms with E-state index in [1.165, 1.54) is 25.3 Å². The summed E-state index contributed by atoms with van der Waals surface area (Å²) in [6, 6.07) is 7.41. The topological polar surface area (TPSA) is 111 Å². The van der Waals surface area contributed by atoms with Crippen LogP contribution in [0.1, 0.15) is 48.1 Å². The molecule has 1 atom stereocenters. The second kappa shape index (κ2) is 8.77. The van der Waals surface area contributed by atoms with Crippen LogP contribution in [0.4, 0.5) is 0 Å². The van der Waals surface area contributed by atoms with E-state index in [4.69, 9.17) is 9.88 Å². The van der Waals surface area contributed by atoms with Gasteiger partial charge >= 0.3 is 0 Å². The number of sulfonamides is 1. The Labute approximate surface area is 153 Å². The van der Waals surface area contributed by atoms with Crippen molar-refractivity contribution >= 4 is 15.9 Å². The lowest BCUT2D eigenvalue weighted by atomic mass is 10.0. The molecular formula is C18H23N3O4S. The maximum atomic E-state index is 12.8. The van der Waals surface area contributed by atoms with Gasteiger partial charge in [0.05, 0.1) is 23.6 Å². The minimum absolute atomic E-state index is 0.115.